The van der Waals surface area contributed by atoms with Gasteiger partial charge in [0.15, 0.2) is 0 Å². The first-order valence-corrected chi connectivity index (χ1v) is 10.2. The first-order chi connectivity index (χ1) is 14.5. The molecule has 5 rings (SSSR count). The highest BCUT2D eigenvalue weighted by Gasteiger charge is 2.38. The van der Waals surface area contributed by atoms with Crippen molar-refractivity contribution in [1.29, 1.82) is 0 Å². The summed E-state index contributed by atoms with van der Waals surface area (Å²) in [5.74, 6) is -1.10. The molecular formula is C22H16N2O5S. The molecular weight excluding hydrogens is 404 g/mol. The van der Waals surface area contributed by atoms with E-state index in [1.807, 2.05) is 25.1 Å². The van der Waals surface area contributed by atoms with E-state index in [0.29, 0.717) is 28.6 Å². The van der Waals surface area contributed by atoms with Gasteiger partial charge in [0.1, 0.15) is 5.76 Å². The second-order valence-electron chi connectivity index (χ2n) is 7.26. The van der Waals surface area contributed by atoms with Crippen LogP contribution in [-0.4, -0.2) is 20.6 Å². The van der Waals surface area contributed by atoms with Gasteiger partial charge in [0.05, 0.1) is 28.4 Å². The van der Waals surface area contributed by atoms with Crippen molar-refractivity contribution in [3.05, 3.63) is 96.2 Å². The minimum absolute atomic E-state index is 0.00850. The summed E-state index contributed by atoms with van der Waals surface area (Å²) in [4.78, 5) is 41.2. The lowest BCUT2D eigenvalue weighted by Gasteiger charge is -2.12. The number of carbonyl (C=O) groups is 1. The highest BCUT2D eigenvalue weighted by atomic mass is 32.1. The number of H-pyrrole nitrogens is 1. The maximum atomic E-state index is 13.2. The Labute approximate surface area is 173 Å². The van der Waals surface area contributed by atoms with Crippen LogP contribution in [0.15, 0.2) is 66.9 Å². The number of aromatic nitrogens is 2. The molecule has 30 heavy (non-hydrogen) atoms. The Morgan fingerprint density at radius 2 is 2.10 bits per heavy atom. The fraction of sp³-hybridized carbons (Fsp3) is 0.136. The molecule has 7 nitrogen and oxygen atoms in total. The number of hydrogen-bond acceptors (Lipinski definition) is 5. The van der Waals surface area contributed by atoms with Crippen molar-refractivity contribution in [2.24, 2.45) is 0 Å². The van der Waals surface area contributed by atoms with Gasteiger partial charge in [-0.15, -0.1) is 11.3 Å². The summed E-state index contributed by atoms with van der Waals surface area (Å²) < 4.78 is 6.40. The van der Waals surface area contributed by atoms with Gasteiger partial charge in [-0.05, 0) is 30.7 Å². The number of aliphatic carboxylic acids is 1. The van der Waals surface area contributed by atoms with Crippen LogP contribution in [-0.2, 0) is 11.2 Å². The molecule has 1 aromatic carbocycles. The molecule has 0 aliphatic heterocycles. The molecule has 3 heterocycles. The van der Waals surface area contributed by atoms with Crippen LogP contribution in [0.3, 0.4) is 0 Å². The van der Waals surface area contributed by atoms with Gasteiger partial charge in [-0.3, -0.25) is 4.79 Å². The molecule has 0 spiro atoms. The van der Waals surface area contributed by atoms with E-state index >= 15 is 0 Å². The number of thiophene rings is 1. The van der Waals surface area contributed by atoms with E-state index in [0.717, 1.165) is 15.7 Å². The summed E-state index contributed by atoms with van der Waals surface area (Å²) >= 11 is 1.30. The maximum absolute atomic E-state index is 13.2. The molecule has 1 aliphatic carbocycles. The number of aryl methyl sites for hydroxylation is 1. The molecule has 0 saturated heterocycles. The molecule has 0 radical (unpaired) electrons. The van der Waals surface area contributed by atoms with Crippen LogP contribution >= 0.6 is 11.3 Å². The Bertz CT molecular complexity index is 1450. The van der Waals surface area contributed by atoms with Gasteiger partial charge >= 0.3 is 11.7 Å². The molecule has 2 N–H and O–H groups in total. The van der Waals surface area contributed by atoms with Gasteiger partial charge in [-0.2, -0.15) is 0 Å². The molecule has 0 amide bonds. The summed E-state index contributed by atoms with van der Waals surface area (Å²) in [7, 11) is 0. The fourth-order valence-electron chi connectivity index (χ4n) is 4.12. The number of nitrogens with zero attached hydrogens (tertiary/aromatic N) is 1. The molecule has 150 valence electrons. The van der Waals surface area contributed by atoms with E-state index in [1.165, 1.54) is 17.6 Å². The van der Waals surface area contributed by atoms with Crippen molar-refractivity contribution in [2.45, 2.75) is 19.3 Å². The van der Waals surface area contributed by atoms with Crippen molar-refractivity contribution in [2.75, 3.05) is 0 Å². The Kier molecular flexibility index (Phi) is 4.11. The van der Waals surface area contributed by atoms with Crippen molar-refractivity contribution >= 4 is 33.9 Å². The minimum Gasteiger partial charge on any atom is -0.478 e. The average molecular weight is 420 g/mol. The van der Waals surface area contributed by atoms with Crippen LogP contribution in [0.25, 0.3) is 16.6 Å². The Balaban J connectivity index is 1.86. The standard InChI is InChI=1S/C22H16N2O5S/c1-11-4-5-13-14(8-12-3-2-6-29-12)18(21(26)27)19(15(13)7-11)24-20(25)16-9-30-10-17(16)23-22(24)28/h2-7,9-10,14H,8H2,1H3,(H,23,28)(H,26,27). The van der Waals surface area contributed by atoms with Gasteiger partial charge in [0, 0.05) is 28.7 Å². The third-order valence-corrected chi connectivity index (χ3v) is 6.17. The van der Waals surface area contributed by atoms with E-state index in [9.17, 15) is 19.5 Å². The van der Waals surface area contributed by atoms with Crippen molar-refractivity contribution in [3.8, 4) is 0 Å². The van der Waals surface area contributed by atoms with Gasteiger partial charge in [0.2, 0.25) is 0 Å². The number of nitrogens with one attached hydrogen (secondary N) is 1. The smallest absolute Gasteiger partial charge is 0.334 e. The number of hydrogen-bond donors (Lipinski definition) is 2. The number of aromatic amines is 1. The predicted molar refractivity (Wildman–Crippen MR) is 113 cm³/mol. The van der Waals surface area contributed by atoms with Gasteiger partial charge in [-0.25, -0.2) is 14.2 Å². The Morgan fingerprint density at radius 1 is 1.27 bits per heavy atom. The third kappa shape index (κ3) is 2.68. The summed E-state index contributed by atoms with van der Waals surface area (Å²) in [6, 6.07) is 9.09. The predicted octanol–water partition coefficient (Wildman–Crippen LogP) is 3.34. The highest BCUT2D eigenvalue weighted by Crippen LogP contribution is 2.44. The summed E-state index contributed by atoms with van der Waals surface area (Å²) in [6.07, 6.45) is 1.84. The zero-order valence-electron chi connectivity index (χ0n) is 15.8. The normalized spacial score (nSPS) is 15.7. The van der Waals surface area contributed by atoms with Crippen LogP contribution < -0.4 is 11.2 Å². The van der Waals surface area contributed by atoms with Crippen LogP contribution in [0.4, 0.5) is 0 Å². The first-order valence-electron chi connectivity index (χ1n) is 9.28. The van der Waals surface area contributed by atoms with E-state index in [1.54, 1.807) is 22.9 Å². The fourth-order valence-corrected chi connectivity index (χ4v) is 4.88. The molecule has 8 heteroatoms. The Hall–Kier alpha value is -3.65. The second-order valence-corrected chi connectivity index (χ2v) is 8.01. The van der Waals surface area contributed by atoms with Crippen molar-refractivity contribution in [1.82, 2.24) is 9.55 Å². The monoisotopic (exact) mass is 420 g/mol. The zero-order valence-corrected chi connectivity index (χ0v) is 16.7. The van der Waals surface area contributed by atoms with Gasteiger partial charge in [-0.1, -0.05) is 17.7 Å². The molecule has 0 bridgehead atoms. The number of fused-ring (bicyclic) bond motifs is 2. The average Bonchev–Trinajstić information content (AvgIpc) is 3.42. The molecule has 0 saturated carbocycles. The molecule has 1 unspecified atom stereocenters. The summed E-state index contributed by atoms with van der Waals surface area (Å²) in [5.41, 5.74) is 1.60. The zero-order chi connectivity index (χ0) is 21.0. The number of furan rings is 1. The van der Waals surface area contributed by atoms with Gasteiger partial charge in [0.25, 0.3) is 5.56 Å². The minimum atomic E-state index is -1.17. The summed E-state index contributed by atoms with van der Waals surface area (Å²) in [6.45, 7) is 1.88. The quantitative estimate of drug-likeness (QED) is 0.527. The molecule has 1 atom stereocenters. The van der Waals surface area contributed by atoms with Crippen LogP contribution in [0.5, 0.6) is 0 Å². The summed E-state index contributed by atoms with van der Waals surface area (Å²) in [5, 5.41) is 13.8. The first kappa shape index (κ1) is 18.4. The van der Waals surface area contributed by atoms with E-state index < -0.39 is 23.1 Å². The molecule has 0 fully saturated rings. The maximum Gasteiger partial charge on any atom is 0.334 e. The van der Waals surface area contributed by atoms with Crippen molar-refractivity contribution in [3.63, 3.8) is 0 Å². The second kappa shape index (κ2) is 6.70. The lowest BCUT2D eigenvalue weighted by molar-refractivity contribution is -0.132. The van der Waals surface area contributed by atoms with Crippen LogP contribution in [0, 0.1) is 6.92 Å². The topological polar surface area (TPSA) is 105 Å². The number of carboxylic acids is 1. The van der Waals surface area contributed by atoms with Crippen LogP contribution in [0.1, 0.15) is 28.4 Å². The number of rotatable bonds is 4. The molecule has 4 aromatic rings. The lowest BCUT2D eigenvalue weighted by atomic mass is 9.91. The third-order valence-electron chi connectivity index (χ3n) is 5.42. The number of benzene rings is 1. The van der Waals surface area contributed by atoms with Gasteiger partial charge < -0.3 is 14.5 Å². The largest absolute Gasteiger partial charge is 0.478 e. The molecule has 1 aliphatic rings. The van der Waals surface area contributed by atoms with E-state index in [4.69, 9.17) is 4.42 Å². The SMILES string of the molecule is Cc1ccc2c(c1)C(n1c(=O)[nH]c3cscc3c1=O)=C(C(=O)O)C2Cc1ccco1. The molecule has 3 aromatic heterocycles. The lowest BCUT2D eigenvalue weighted by Crippen LogP contribution is -2.35. The van der Waals surface area contributed by atoms with Crippen LogP contribution in [0.2, 0.25) is 0 Å². The van der Waals surface area contributed by atoms with Crippen molar-refractivity contribution < 1.29 is 14.3 Å². The van der Waals surface area contributed by atoms with E-state index in [-0.39, 0.29) is 11.3 Å². The highest BCUT2D eigenvalue weighted by molar-refractivity contribution is 7.09. The van der Waals surface area contributed by atoms with E-state index in [2.05, 4.69) is 4.98 Å². The Morgan fingerprint density at radius 3 is 2.83 bits per heavy atom. The number of carboxylic acid groups (broad SMARTS) is 1.